The van der Waals surface area contributed by atoms with Crippen LogP contribution in [0.1, 0.15) is 32.1 Å². The van der Waals surface area contributed by atoms with Gasteiger partial charge in [0.2, 0.25) is 5.91 Å². The number of piperazine rings is 1. The third kappa shape index (κ3) is 7.06. The molecule has 1 aliphatic rings. The van der Waals surface area contributed by atoms with Gasteiger partial charge in [0.15, 0.2) is 0 Å². The van der Waals surface area contributed by atoms with E-state index in [1.807, 2.05) is 29.2 Å². The van der Waals surface area contributed by atoms with Crippen molar-refractivity contribution in [2.24, 2.45) is 5.73 Å². The molecule has 0 spiro atoms. The number of para-hydroxylation sites is 1. The minimum atomic E-state index is 0. The van der Waals surface area contributed by atoms with Crippen LogP contribution in [0.15, 0.2) is 24.3 Å². The molecule has 1 saturated heterocycles. The molecule has 7 heteroatoms. The fourth-order valence-corrected chi connectivity index (χ4v) is 3.09. The molecule has 1 aromatic carbocycles. The molecule has 0 unspecified atom stereocenters. The molecular formula is C17H28Cl3N3O. The highest BCUT2D eigenvalue weighted by molar-refractivity contribution is 6.33. The van der Waals surface area contributed by atoms with E-state index in [-0.39, 0.29) is 30.7 Å². The van der Waals surface area contributed by atoms with E-state index in [4.69, 9.17) is 17.3 Å². The van der Waals surface area contributed by atoms with Crippen molar-refractivity contribution in [3.63, 3.8) is 0 Å². The monoisotopic (exact) mass is 395 g/mol. The minimum absolute atomic E-state index is 0. The van der Waals surface area contributed by atoms with Crippen molar-refractivity contribution < 1.29 is 4.79 Å². The van der Waals surface area contributed by atoms with Crippen LogP contribution in [0.2, 0.25) is 5.02 Å². The highest BCUT2D eigenvalue weighted by Gasteiger charge is 2.21. The first-order valence-corrected chi connectivity index (χ1v) is 8.57. The first-order chi connectivity index (χ1) is 10.7. The molecule has 138 valence electrons. The molecule has 24 heavy (non-hydrogen) atoms. The van der Waals surface area contributed by atoms with Crippen LogP contribution < -0.4 is 10.6 Å². The molecular weight excluding hydrogens is 369 g/mol. The lowest BCUT2D eigenvalue weighted by Gasteiger charge is -2.36. The Hall–Kier alpha value is -0.680. The summed E-state index contributed by atoms with van der Waals surface area (Å²) in [6.45, 7) is 4.02. The Morgan fingerprint density at radius 3 is 2.25 bits per heavy atom. The summed E-state index contributed by atoms with van der Waals surface area (Å²) in [5.41, 5.74) is 6.54. The number of amides is 1. The van der Waals surface area contributed by atoms with Crippen molar-refractivity contribution in [2.75, 3.05) is 37.6 Å². The summed E-state index contributed by atoms with van der Waals surface area (Å²) in [6.07, 6.45) is 4.93. The van der Waals surface area contributed by atoms with Crippen LogP contribution in [-0.2, 0) is 4.79 Å². The lowest BCUT2D eigenvalue weighted by Crippen LogP contribution is -2.48. The molecule has 2 rings (SSSR count). The Bertz CT molecular complexity index is 480. The Labute approximate surface area is 162 Å². The number of carbonyl (C=O) groups excluding carboxylic acids is 1. The summed E-state index contributed by atoms with van der Waals surface area (Å²) >= 11 is 6.24. The Kier molecular flexibility index (Phi) is 12.3. The number of benzene rings is 1. The van der Waals surface area contributed by atoms with Gasteiger partial charge in [-0.25, -0.2) is 0 Å². The van der Waals surface area contributed by atoms with Gasteiger partial charge in [0, 0.05) is 32.6 Å². The quantitative estimate of drug-likeness (QED) is 0.714. The number of carbonyl (C=O) groups is 1. The number of nitrogens with two attached hydrogens (primary N) is 1. The van der Waals surface area contributed by atoms with Gasteiger partial charge in [0.1, 0.15) is 0 Å². The summed E-state index contributed by atoms with van der Waals surface area (Å²) in [4.78, 5) is 16.4. The number of unbranched alkanes of at least 4 members (excludes halogenated alkanes) is 3. The summed E-state index contributed by atoms with van der Waals surface area (Å²) in [6, 6.07) is 7.89. The maximum atomic E-state index is 12.2. The summed E-state index contributed by atoms with van der Waals surface area (Å²) in [5, 5.41) is 0.780. The van der Waals surface area contributed by atoms with Crippen LogP contribution in [0.3, 0.4) is 0 Å². The van der Waals surface area contributed by atoms with Crippen LogP contribution in [0.25, 0.3) is 0 Å². The SMILES string of the molecule is Cl.Cl.NCCCCCCC(=O)N1CCN(c2ccccc2Cl)CC1. The zero-order valence-corrected chi connectivity index (χ0v) is 16.3. The van der Waals surface area contributed by atoms with Crippen LogP contribution in [-0.4, -0.2) is 43.5 Å². The lowest BCUT2D eigenvalue weighted by atomic mass is 10.1. The molecule has 0 saturated carbocycles. The lowest BCUT2D eigenvalue weighted by molar-refractivity contribution is -0.131. The maximum Gasteiger partial charge on any atom is 0.222 e. The third-order valence-corrected chi connectivity index (χ3v) is 4.49. The van der Waals surface area contributed by atoms with Crippen LogP contribution in [0, 0.1) is 0 Å². The summed E-state index contributed by atoms with van der Waals surface area (Å²) in [5.74, 6) is 0.284. The van der Waals surface area contributed by atoms with Gasteiger partial charge in [-0.05, 0) is 31.5 Å². The minimum Gasteiger partial charge on any atom is -0.367 e. The van der Waals surface area contributed by atoms with Gasteiger partial charge in [-0.15, -0.1) is 24.8 Å². The van der Waals surface area contributed by atoms with E-state index in [9.17, 15) is 4.79 Å². The van der Waals surface area contributed by atoms with Gasteiger partial charge in [-0.3, -0.25) is 4.79 Å². The van der Waals surface area contributed by atoms with Crippen molar-refractivity contribution in [1.82, 2.24) is 4.90 Å². The zero-order chi connectivity index (χ0) is 15.8. The van der Waals surface area contributed by atoms with E-state index in [0.717, 1.165) is 69.1 Å². The first-order valence-electron chi connectivity index (χ1n) is 8.19. The Morgan fingerprint density at radius 1 is 1.00 bits per heavy atom. The van der Waals surface area contributed by atoms with Gasteiger partial charge in [-0.2, -0.15) is 0 Å². The fourth-order valence-electron chi connectivity index (χ4n) is 2.84. The van der Waals surface area contributed by atoms with E-state index in [0.29, 0.717) is 6.42 Å². The molecule has 4 nitrogen and oxygen atoms in total. The molecule has 2 N–H and O–H groups in total. The van der Waals surface area contributed by atoms with Crippen molar-refractivity contribution >= 4 is 48.0 Å². The normalized spacial score (nSPS) is 13.9. The van der Waals surface area contributed by atoms with E-state index in [1.165, 1.54) is 0 Å². The standard InChI is InChI=1S/C17H26ClN3O.2ClH/c18-15-7-4-5-8-16(15)20-11-13-21(14-12-20)17(22)9-3-1-2-6-10-19;;/h4-5,7-8H,1-3,6,9-14,19H2;2*1H. The second-order valence-electron chi connectivity index (χ2n) is 5.77. The van der Waals surface area contributed by atoms with E-state index in [2.05, 4.69) is 4.90 Å². The van der Waals surface area contributed by atoms with Gasteiger partial charge in [0.25, 0.3) is 0 Å². The molecule has 0 atom stereocenters. The molecule has 0 bridgehead atoms. The van der Waals surface area contributed by atoms with E-state index in [1.54, 1.807) is 0 Å². The van der Waals surface area contributed by atoms with Gasteiger partial charge in [0.05, 0.1) is 10.7 Å². The van der Waals surface area contributed by atoms with Crippen molar-refractivity contribution in [3.05, 3.63) is 29.3 Å². The molecule has 0 aliphatic carbocycles. The van der Waals surface area contributed by atoms with Crippen LogP contribution in [0.5, 0.6) is 0 Å². The van der Waals surface area contributed by atoms with Gasteiger partial charge >= 0.3 is 0 Å². The van der Waals surface area contributed by atoms with Crippen molar-refractivity contribution in [2.45, 2.75) is 32.1 Å². The third-order valence-electron chi connectivity index (χ3n) is 4.17. The molecule has 0 radical (unpaired) electrons. The second-order valence-corrected chi connectivity index (χ2v) is 6.18. The van der Waals surface area contributed by atoms with Crippen molar-refractivity contribution in [1.29, 1.82) is 0 Å². The number of rotatable bonds is 7. The number of anilines is 1. The molecule has 0 aromatic heterocycles. The molecule has 1 aromatic rings. The summed E-state index contributed by atoms with van der Waals surface area (Å²) in [7, 11) is 0. The molecule has 1 aliphatic heterocycles. The highest BCUT2D eigenvalue weighted by Crippen LogP contribution is 2.26. The average molecular weight is 397 g/mol. The van der Waals surface area contributed by atoms with Crippen LogP contribution in [0.4, 0.5) is 5.69 Å². The van der Waals surface area contributed by atoms with Crippen molar-refractivity contribution in [3.8, 4) is 0 Å². The van der Waals surface area contributed by atoms with Gasteiger partial charge < -0.3 is 15.5 Å². The number of hydrogen-bond acceptors (Lipinski definition) is 3. The Morgan fingerprint density at radius 2 is 1.62 bits per heavy atom. The summed E-state index contributed by atoms with van der Waals surface area (Å²) < 4.78 is 0. The largest absolute Gasteiger partial charge is 0.367 e. The smallest absolute Gasteiger partial charge is 0.222 e. The molecule has 1 fully saturated rings. The van der Waals surface area contributed by atoms with Crippen LogP contribution >= 0.6 is 36.4 Å². The topological polar surface area (TPSA) is 49.6 Å². The Balaban J connectivity index is 0.00000264. The average Bonchev–Trinajstić information content (AvgIpc) is 2.55. The van der Waals surface area contributed by atoms with E-state index >= 15 is 0 Å². The number of halogens is 3. The fraction of sp³-hybridized carbons (Fsp3) is 0.588. The molecule has 1 heterocycles. The zero-order valence-electron chi connectivity index (χ0n) is 14.0. The molecule has 1 amide bonds. The predicted octanol–water partition coefficient (Wildman–Crippen LogP) is 3.74. The van der Waals surface area contributed by atoms with E-state index < -0.39 is 0 Å². The maximum absolute atomic E-state index is 12.2. The highest BCUT2D eigenvalue weighted by atomic mass is 35.5. The second kappa shape index (κ2) is 12.6. The first kappa shape index (κ1) is 23.3. The van der Waals surface area contributed by atoms with Gasteiger partial charge in [-0.1, -0.05) is 36.6 Å². The predicted molar refractivity (Wildman–Crippen MR) is 107 cm³/mol. The number of hydrogen-bond donors (Lipinski definition) is 1. The number of nitrogens with zero attached hydrogens (tertiary/aromatic N) is 2.